The Morgan fingerprint density at radius 1 is 1.38 bits per heavy atom. The minimum absolute atomic E-state index is 0.270. The predicted molar refractivity (Wildman–Crippen MR) is 54.6 cm³/mol. The second-order valence-corrected chi connectivity index (χ2v) is 5.70. The van der Waals surface area contributed by atoms with Crippen LogP contribution in [-0.2, 0) is 28.9 Å². The zero-order chi connectivity index (χ0) is 12.2. The summed E-state index contributed by atoms with van der Waals surface area (Å²) >= 11 is 0. The number of Topliss-reactive ketones (excluding diaryl/α,β-unsaturated/α-hetero) is 1. The maximum Gasteiger partial charge on any atom is 0.320 e. The molecule has 0 amide bonds. The van der Waals surface area contributed by atoms with Crippen molar-refractivity contribution >= 4 is 21.6 Å². The molecule has 1 atom stereocenters. The summed E-state index contributed by atoms with van der Waals surface area (Å²) in [6, 6.07) is 0. The van der Waals surface area contributed by atoms with Crippen LogP contribution >= 0.6 is 0 Å². The SMILES string of the molecule is COC(=O)CS(=O)(=O)CC(=O)C1CCOC1. The lowest BCUT2D eigenvalue weighted by Crippen LogP contribution is -2.28. The molecule has 0 aromatic heterocycles. The zero-order valence-electron chi connectivity index (χ0n) is 8.97. The summed E-state index contributed by atoms with van der Waals surface area (Å²) in [7, 11) is -2.61. The summed E-state index contributed by atoms with van der Waals surface area (Å²) in [5, 5.41) is 0. The van der Waals surface area contributed by atoms with Crippen LogP contribution in [0, 0.1) is 5.92 Å². The van der Waals surface area contributed by atoms with Crippen molar-refractivity contribution in [3.63, 3.8) is 0 Å². The highest BCUT2D eigenvalue weighted by Crippen LogP contribution is 2.14. The Labute approximate surface area is 93.8 Å². The van der Waals surface area contributed by atoms with Crippen molar-refractivity contribution in [2.24, 2.45) is 5.92 Å². The van der Waals surface area contributed by atoms with Gasteiger partial charge in [-0.05, 0) is 6.42 Å². The van der Waals surface area contributed by atoms with Gasteiger partial charge in [-0.15, -0.1) is 0 Å². The monoisotopic (exact) mass is 250 g/mol. The molecule has 0 N–H and O–H groups in total. The average Bonchev–Trinajstić information content (AvgIpc) is 2.68. The minimum atomic E-state index is -3.71. The van der Waals surface area contributed by atoms with Crippen LogP contribution in [0.1, 0.15) is 6.42 Å². The van der Waals surface area contributed by atoms with Crippen molar-refractivity contribution in [3.8, 4) is 0 Å². The second-order valence-electron chi connectivity index (χ2n) is 3.64. The maximum atomic E-state index is 11.5. The van der Waals surface area contributed by atoms with Gasteiger partial charge < -0.3 is 9.47 Å². The van der Waals surface area contributed by atoms with Crippen LogP contribution < -0.4 is 0 Å². The van der Waals surface area contributed by atoms with Crippen molar-refractivity contribution in [3.05, 3.63) is 0 Å². The summed E-state index contributed by atoms with van der Waals surface area (Å²) in [4.78, 5) is 22.3. The first-order valence-corrected chi connectivity index (χ1v) is 6.64. The fourth-order valence-corrected chi connectivity index (χ4v) is 2.66. The lowest BCUT2D eigenvalue weighted by Gasteiger charge is -2.06. The smallest absolute Gasteiger partial charge is 0.320 e. The Bertz CT molecular complexity index is 365. The minimum Gasteiger partial charge on any atom is -0.468 e. The van der Waals surface area contributed by atoms with Gasteiger partial charge in [0.15, 0.2) is 15.6 Å². The molecule has 0 aliphatic carbocycles. The van der Waals surface area contributed by atoms with Crippen molar-refractivity contribution < 1.29 is 27.5 Å². The largest absolute Gasteiger partial charge is 0.468 e. The summed E-state index contributed by atoms with van der Waals surface area (Å²) in [6.45, 7) is 0.750. The molecule has 1 unspecified atom stereocenters. The van der Waals surface area contributed by atoms with Crippen molar-refractivity contribution in [1.29, 1.82) is 0 Å². The average molecular weight is 250 g/mol. The molecule has 0 saturated carbocycles. The topological polar surface area (TPSA) is 86.7 Å². The van der Waals surface area contributed by atoms with E-state index in [9.17, 15) is 18.0 Å². The van der Waals surface area contributed by atoms with Gasteiger partial charge >= 0.3 is 5.97 Å². The van der Waals surface area contributed by atoms with Crippen LogP contribution in [0.25, 0.3) is 0 Å². The Morgan fingerprint density at radius 2 is 2.06 bits per heavy atom. The van der Waals surface area contributed by atoms with Crippen LogP contribution in [0.4, 0.5) is 0 Å². The Morgan fingerprint density at radius 3 is 2.56 bits per heavy atom. The molecule has 1 aliphatic heterocycles. The first-order valence-electron chi connectivity index (χ1n) is 4.82. The van der Waals surface area contributed by atoms with Crippen LogP contribution in [0.15, 0.2) is 0 Å². The number of methoxy groups -OCH3 is 1. The van der Waals surface area contributed by atoms with Gasteiger partial charge in [0, 0.05) is 12.5 Å². The maximum absolute atomic E-state index is 11.5. The summed E-state index contributed by atoms with van der Waals surface area (Å²) < 4.78 is 32.0. The van der Waals surface area contributed by atoms with Crippen LogP contribution in [0.5, 0.6) is 0 Å². The molecule has 0 radical (unpaired) electrons. The zero-order valence-corrected chi connectivity index (χ0v) is 9.79. The number of ether oxygens (including phenoxy) is 2. The Kier molecular flexibility index (Phi) is 4.43. The normalized spacial score (nSPS) is 20.7. The molecule has 1 heterocycles. The molecule has 16 heavy (non-hydrogen) atoms. The third-order valence-corrected chi connectivity index (χ3v) is 3.71. The third-order valence-electron chi connectivity index (χ3n) is 2.31. The molecule has 7 heteroatoms. The fraction of sp³-hybridized carbons (Fsp3) is 0.778. The quantitative estimate of drug-likeness (QED) is 0.592. The van der Waals surface area contributed by atoms with Gasteiger partial charge in [0.05, 0.1) is 13.7 Å². The standard InChI is InChI=1S/C9H14O6S/c1-14-9(11)6-16(12,13)5-8(10)7-2-3-15-4-7/h7H,2-6H2,1H3. The highest BCUT2D eigenvalue weighted by atomic mass is 32.2. The van der Waals surface area contributed by atoms with Gasteiger partial charge in [0.1, 0.15) is 11.5 Å². The summed E-state index contributed by atoms with van der Waals surface area (Å²) in [5.41, 5.74) is 0. The summed E-state index contributed by atoms with van der Waals surface area (Å²) in [5.74, 6) is -2.96. The number of hydrogen-bond acceptors (Lipinski definition) is 6. The second kappa shape index (κ2) is 5.40. The van der Waals surface area contributed by atoms with E-state index >= 15 is 0 Å². The molecule has 92 valence electrons. The first kappa shape index (κ1) is 13.1. The lowest BCUT2D eigenvalue weighted by molar-refractivity contribution is -0.137. The van der Waals surface area contributed by atoms with Gasteiger partial charge in [-0.25, -0.2) is 8.42 Å². The number of rotatable bonds is 5. The van der Waals surface area contributed by atoms with E-state index in [1.54, 1.807) is 0 Å². The van der Waals surface area contributed by atoms with Crippen molar-refractivity contribution in [2.45, 2.75) is 6.42 Å². The highest BCUT2D eigenvalue weighted by Gasteiger charge is 2.28. The number of sulfone groups is 1. The molecule has 6 nitrogen and oxygen atoms in total. The fourth-order valence-electron chi connectivity index (χ4n) is 1.41. The van der Waals surface area contributed by atoms with E-state index < -0.39 is 27.3 Å². The molecule has 1 aliphatic rings. The van der Waals surface area contributed by atoms with Crippen LogP contribution in [-0.4, -0.2) is 52.0 Å². The van der Waals surface area contributed by atoms with E-state index in [1.165, 1.54) is 0 Å². The highest BCUT2D eigenvalue weighted by molar-refractivity contribution is 7.92. The molecule has 1 rings (SSSR count). The van der Waals surface area contributed by atoms with Gasteiger partial charge in [0.25, 0.3) is 0 Å². The molecule has 1 fully saturated rings. The molecule has 0 aromatic rings. The van der Waals surface area contributed by atoms with Crippen molar-refractivity contribution in [1.82, 2.24) is 0 Å². The van der Waals surface area contributed by atoms with E-state index in [0.29, 0.717) is 13.0 Å². The number of hydrogen-bond donors (Lipinski definition) is 0. The number of carbonyl (C=O) groups is 2. The number of esters is 1. The molecular formula is C9H14O6S. The van der Waals surface area contributed by atoms with Crippen molar-refractivity contribution in [2.75, 3.05) is 31.8 Å². The first-order chi connectivity index (χ1) is 7.44. The Hall–Kier alpha value is -0.950. The number of carbonyl (C=O) groups excluding carboxylic acids is 2. The summed E-state index contributed by atoms with van der Waals surface area (Å²) in [6.07, 6.45) is 0.548. The van der Waals surface area contributed by atoms with E-state index in [-0.39, 0.29) is 18.3 Å². The lowest BCUT2D eigenvalue weighted by atomic mass is 10.1. The van der Waals surface area contributed by atoms with Gasteiger partial charge in [-0.2, -0.15) is 0 Å². The molecule has 0 bridgehead atoms. The molecule has 1 saturated heterocycles. The van der Waals surface area contributed by atoms with Crippen LogP contribution in [0.2, 0.25) is 0 Å². The predicted octanol–water partition coefficient (Wildman–Crippen LogP) is -0.820. The molecule has 0 aromatic carbocycles. The number of ketones is 1. The molecule has 0 spiro atoms. The molecular weight excluding hydrogens is 236 g/mol. The van der Waals surface area contributed by atoms with E-state index in [1.807, 2.05) is 0 Å². The van der Waals surface area contributed by atoms with Gasteiger partial charge in [-0.1, -0.05) is 0 Å². The van der Waals surface area contributed by atoms with E-state index in [2.05, 4.69) is 4.74 Å². The Balaban J connectivity index is 2.51. The van der Waals surface area contributed by atoms with Gasteiger partial charge in [0.2, 0.25) is 0 Å². The van der Waals surface area contributed by atoms with E-state index in [4.69, 9.17) is 4.74 Å². The van der Waals surface area contributed by atoms with E-state index in [0.717, 1.165) is 7.11 Å². The van der Waals surface area contributed by atoms with Crippen LogP contribution in [0.3, 0.4) is 0 Å². The van der Waals surface area contributed by atoms with Gasteiger partial charge in [-0.3, -0.25) is 9.59 Å². The third kappa shape index (κ3) is 3.90.